The predicted molar refractivity (Wildman–Crippen MR) is 121 cm³/mol. The molecule has 1 aliphatic carbocycles. The van der Waals surface area contributed by atoms with Crippen molar-refractivity contribution < 1.29 is 9.53 Å². The van der Waals surface area contributed by atoms with Gasteiger partial charge in [0, 0.05) is 24.6 Å². The first-order valence-electron chi connectivity index (χ1n) is 11.3. The van der Waals surface area contributed by atoms with Gasteiger partial charge >= 0.3 is 0 Å². The SMILES string of the molecule is O=C(CSc1nc2sc3c(c2c(=O)n1C[C@@H]1CCCO1)CCCC3)N1CCCCC1. The van der Waals surface area contributed by atoms with E-state index in [1.54, 1.807) is 15.9 Å². The van der Waals surface area contributed by atoms with Crippen LogP contribution in [-0.2, 0) is 28.9 Å². The minimum atomic E-state index is 0.0582. The van der Waals surface area contributed by atoms with Crippen LogP contribution >= 0.6 is 23.1 Å². The smallest absolute Gasteiger partial charge is 0.263 e. The van der Waals surface area contributed by atoms with Gasteiger partial charge in [0.25, 0.3) is 5.56 Å². The largest absolute Gasteiger partial charge is 0.376 e. The maximum absolute atomic E-state index is 13.6. The average Bonchev–Trinajstić information content (AvgIpc) is 3.42. The molecule has 0 radical (unpaired) electrons. The van der Waals surface area contributed by atoms with Crippen LogP contribution in [0.4, 0.5) is 0 Å². The summed E-state index contributed by atoms with van der Waals surface area (Å²) in [5.74, 6) is 0.498. The molecule has 30 heavy (non-hydrogen) atoms. The molecule has 6 nitrogen and oxygen atoms in total. The number of fused-ring (bicyclic) bond motifs is 3. The van der Waals surface area contributed by atoms with Crippen molar-refractivity contribution in [2.45, 2.75) is 75.6 Å². The molecule has 3 aliphatic rings. The summed E-state index contributed by atoms with van der Waals surface area (Å²) < 4.78 is 7.62. The Morgan fingerprint density at radius 3 is 2.77 bits per heavy atom. The van der Waals surface area contributed by atoms with E-state index in [2.05, 4.69) is 0 Å². The topological polar surface area (TPSA) is 64.4 Å². The monoisotopic (exact) mass is 447 g/mol. The second-order valence-corrected chi connectivity index (χ2v) is 10.6. The molecule has 0 N–H and O–H groups in total. The van der Waals surface area contributed by atoms with Gasteiger partial charge in [-0.15, -0.1) is 11.3 Å². The number of hydrogen-bond donors (Lipinski definition) is 0. The molecule has 5 rings (SSSR count). The van der Waals surface area contributed by atoms with Gasteiger partial charge in [-0.3, -0.25) is 14.2 Å². The lowest BCUT2D eigenvalue weighted by Gasteiger charge is -2.26. The Morgan fingerprint density at radius 1 is 1.13 bits per heavy atom. The van der Waals surface area contributed by atoms with Crippen molar-refractivity contribution in [3.63, 3.8) is 0 Å². The lowest BCUT2D eigenvalue weighted by molar-refractivity contribution is -0.129. The molecule has 2 aromatic heterocycles. The van der Waals surface area contributed by atoms with Gasteiger partial charge in [0.1, 0.15) is 4.83 Å². The summed E-state index contributed by atoms with van der Waals surface area (Å²) in [5, 5.41) is 1.49. The van der Waals surface area contributed by atoms with Crippen molar-refractivity contribution in [2.24, 2.45) is 0 Å². The molecule has 2 fully saturated rings. The summed E-state index contributed by atoms with van der Waals surface area (Å²) >= 11 is 3.10. The number of aryl methyl sites for hydroxylation is 2. The number of amides is 1. The van der Waals surface area contributed by atoms with Crippen LogP contribution in [0, 0.1) is 0 Å². The second kappa shape index (κ2) is 9.01. The normalized spacial score (nSPS) is 21.9. The van der Waals surface area contributed by atoms with Gasteiger partial charge in [0.15, 0.2) is 5.16 Å². The molecular weight excluding hydrogens is 418 g/mol. The quantitative estimate of drug-likeness (QED) is 0.517. The van der Waals surface area contributed by atoms with Gasteiger partial charge in [-0.25, -0.2) is 4.98 Å². The molecule has 0 aromatic carbocycles. The maximum Gasteiger partial charge on any atom is 0.263 e. The van der Waals surface area contributed by atoms with Gasteiger partial charge in [-0.2, -0.15) is 0 Å². The zero-order valence-electron chi connectivity index (χ0n) is 17.4. The number of ether oxygens (including phenoxy) is 1. The van der Waals surface area contributed by atoms with Crippen LogP contribution in [0.3, 0.4) is 0 Å². The van der Waals surface area contributed by atoms with Crippen molar-refractivity contribution in [2.75, 3.05) is 25.4 Å². The Labute approximate surface area is 185 Å². The third-order valence-electron chi connectivity index (χ3n) is 6.48. The van der Waals surface area contributed by atoms with Crippen molar-refractivity contribution in [3.8, 4) is 0 Å². The molecule has 162 valence electrons. The van der Waals surface area contributed by atoms with Gasteiger partial charge in [0.05, 0.1) is 23.8 Å². The molecule has 0 saturated carbocycles. The molecule has 4 heterocycles. The van der Waals surface area contributed by atoms with Crippen LogP contribution in [0.5, 0.6) is 0 Å². The Balaban J connectivity index is 1.46. The number of hydrogen-bond acceptors (Lipinski definition) is 6. The van der Waals surface area contributed by atoms with E-state index in [1.807, 2.05) is 4.90 Å². The minimum Gasteiger partial charge on any atom is -0.376 e. The summed E-state index contributed by atoms with van der Waals surface area (Å²) in [5.41, 5.74) is 1.28. The first-order valence-corrected chi connectivity index (χ1v) is 13.1. The van der Waals surface area contributed by atoms with Gasteiger partial charge < -0.3 is 9.64 Å². The fraction of sp³-hybridized carbons (Fsp3) is 0.682. The second-order valence-electron chi connectivity index (χ2n) is 8.57. The Morgan fingerprint density at radius 2 is 1.97 bits per heavy atom. The summed E-state index contributed by atoms with van der Waals surface area (Å²) in [6, 6.07) is 0. The highest BCUT2D eigenvalue weighted by atomic mass is 32.2. The van der Waals surface area contributed by atoms with Gasteiger partial charge in [0.2, 0.25) is 5.91 Å². The maximum atomic E-state index is 13.6. The molecule has 8 heteroatoms. The van der Waals surface area contributed by atoms with Crippen molar-refractivity contribution in [1.82, 2.24) is 14.5 Å². The lowest BCUT2D eigenvalue weighted by atomic mass is 9.97. The Kier molecular flexibility index (Phi) is 6.16. The molecule has 2 aliphatic heterocycles. The number of thiophene rings is 1. The minimum absolute atomic E-state index is 0.0582. The molecule has 0 unspecified atom stereocenters. The zero-order valence-corrected chi connectivity index (χ0v) is 19.0. The summed E-state index contributed by atoms with van der Waals surface area (Å²) in [7, 11) is 0. The highest BCUT2D eigenvalue weighted by Gasteiger charge is 2.25. The predicted octanol–water partition coefficient (Wildman–Crippen LogP) is 3.62. The van der Waals surface area contributed by atoms with E-state index in [9.17, 15) is 9.59 Å². The van der Waals surface area contributed by atoms with Crippen molar-refractivity contribution >= 4 is 39.2 Å². The molecule has 0 spiro atoms. The third kappa shape index (κ3) is 4.06. The Hall–Kier alpha value is -1.38. The molecule has 1 atom stereocenters. The van der Waals surface area contributed by atoms with Crippen molar-refractivity contribution in [3.05, 3.63) is 20.8 Å². The average molecular weight is 448 g/mol. The number of rotatable bonds is 5. The number of thioether (sulfide) groups is 1. The van der Waals surface area contributed by atoms with Crippen LogP contribution in [-0.4, -0.2) is 51.9 Å². The third-order valence-corrected chi connectivity index (χ3v) is 8.63. The zero-order chi connectivity index (χ0) is 20.5. The lowest BCUT2D eigenvalue weighted by Crippen LogP contribution is -2.37. The fourth-order valence-corrected chi connectivity index (χ4v) is 7.06. The van der Waals surface area contributed by atoms with Crippen molar-refractivity contribution in [1.29, 1.82) is 0 Å². The van der Waals surface area contributed by atoms with E-state index in [1.165, 1.54) is 35.0 Å². The highest BCUT2D eigenvalue weighted by Crippen LogP contribution is 2.35. The van der Waals surface area contributed by atoms with E-state index in [4.69, 9.17) is 9.72 Å². The highest BCUT2D eigenvalue weighted by molar-refractivity contribution is 7.99. The molecule has 1 amide bonds. The number of aromatic nitrogens is 2. The first-order chi connectivity index (χ1) is 14.7. The standard InChI is InChI=1S/C22H29N3O3S2/c26-18(24-10-4-1-5-11-24)14-29-22-23-20-19(16-8-2-3-9-17(16)30-20)21(27)25(22)13-15-7-6-12-28-15/h15H,1-14H2/t15-/m0/s1. The number of carbonyl (C=O) groups excluding carboxylic acids is 1. The van der Waals surface area contributed by atoms with E-state index in [0.717, 1.165) is 74.9 Å². The molecular formula is C22H29N3O3S2. The summed E-state index contributed by atoms with van der Waals surface area (Å²) in [6.07, 6.45) is 9.83. The van der Waals surface area contributed by atoms with E-state index in [-0.39, 0.29) is 17.6 Å². The van der Waals surface area contributed by atoms with Crippen LogP contribution in [0.2, 0.25) is 0 Å². The van der Waals surface area contributed by atoms with E-state index >= 15 is 0 Å². The number of carbonyl (C=O) groups is 1. The molecule has 2 saturated heterocycles. The summed E-state index contributed by atoms with van der Waals surface area (Å²) in [4.78, 5) is 35.3. The van der Waals surface area contributed by atoms with Gasteiger partial charge in [-0.05, 0) is 63.4 Å². The molecule has 0 bridgehead atoms. The molecule has 2 aromatic rings. The van der Waals surface area contributed by atoms with Crippen LogP contribution in [0.25, 0.3) is 10.2 Å². The van der Waals surface area contributed by atoms with E-state index < -0.39 is 0 Å². The van der Waals surface area contributed by atoms with Crippen LogP contribution in [0.1, 0.15) is 55.4 Å². The first kappa shape index (κ1) is 20.5. The van der Waals surface area contributed by atoms with E-state index in [0.29, 0.717) is 17.5 Å². The number of likely N-dealkylation sites (tertiary alicyclic amines) is 1. The van der Waals surface area contributed by atoms with Crippen LogP contribution < -0.4 is 5.56 Å². The summed E-state index contributed by atoms with van der Waals surface area (Å²) in [6.45, 7) is 3.00. The fourth-order valence-electron chi connectivity index (χ4n) is 4.84. The Bertz CT molecular complexity index is 988. The number of nitrogens with zero attached hydrogens (tertiary/aromatic N) is 3. The number of piperidine rings is 1. The van der Waals surface area contributed by atoms with Gasteiger partial charge in [-0.1, -0.05) is 11.8 Å². The van der Waals surface area contributed by atoms with Crippen LogP contribution in [0.15, 0.2) is 9.95 Å².